The summed E-state index contributed by atoms with van der Waals surface area (Å²) in [7, 11) is 0. The van der Waals surface area contributed by atoms with Crippen LogP contribution in [0.5, 0.6) is 0 Å². The number of halogens is 2. The van der Waals surface area contributed by atoms with Gasteiger partial charge in [0.1, 0.15) is 0 Å². The van der Waals surface area contributed by atoms with Crippen molar-refractivity contribution >= 4 is 56.7 Å². The number of ether oxygens (including phenoxy) is 1. The first-order valence-electron chi connectivity index (χ1n) is 9.04. The fourth-order valence-electron chi connectivity index (χ4n) is 3.14. The number of amides is 2. The van der Waals surface area contributed by atoms with Gasteiger partial charge in [-0.25, -0.2) is 0 Å². The molecular formula is C21H20BrClN2O4. The summed E-state index contributed by atoms with van der Waals surface area (Å²) in [5.41, 5.74) is 3.03. The van der Waals surface area contributed by atoms with Crippen LogP contribution in [0.3, 0.4) is 0 Å². The molecule has 2 aromatic rings. The van der Waals surface area contributed by atoms with Gasteiger partial charge in [-0.15, -0.1) is 0 Å². The molecule has 6 nitrogen and oxygen atoms in total. The van der Waals surface area contributed by atoms with Crippen LogP contribution in [-0.4, -0.2) is 30.9 Å². The lowest BCUT2D eigenvalue weighted by Gasteiger charge is -2.17. The van der Waals surface area contributed by atoms with Crippen LogP contribution in [-0.2, 0) is 19.1 Å². The Bertz CT molecular complexity index is 979. The number of nitrogens with zero attached hydrogens (tertiary/aromatic N) is 1. The molecule has 29 heavy (non-hydrogen) atoms. The Morgan fingerprint density at radius 1 is 1.28 bits per heavy atom. The number of nitrogens with one attached hydrogen (secondary N) is 1. The number of anilines is 2. The van der Waals surface area contributed by atoms with Crippen molar-refractivity contribution in [1.82, 2.24) is 0 Å². The van der Waals surface area contributed by atoms with Crippen molar-refractivity contribution < 1.29 is 19.1 Å². The normalized spacial score (nSPS) is 16.1. The number of hydrogen-bond acceptors (Lipinski definition) is 4. The molecule has 152 valence electrons. The summed E-state index contributed by atoms with van der Waals surface area (Å²) in [5, 5.41) is 3.18. The van der Waals surface area contributed by atoms with Crippen molar-refractivity contribution in [1.29, 1.82) is 0 Å². The molecule has 0 aliphatic carbocycles. The van der Waals surface area contributed by atoms with Crippen LogP contribution in [0.2, 0.25) is 5.02 Å². The highest BCUT2D eigenvalue weighted by molar-refractivity contribution is 9.10. The molecule has 1 atom stereocenters. The maximum Gasteiger partial charge on any atom is 0.311 e. The summed E-state index contributed by atoms with van der Waals surface area (Å²) in [6.45, 7) is 3.53. The maximum atomic E-state index is 12.3. The predicted octanol–water partition coefficient (Wildman–Crippen LogP) is 4.25. The molecule has 0 bridgehead atoms. The third-order valence-corrected chi connectivity index (χ3v) is 6.11. The van der Waals surface area contributed by atoms with Gasteiger partial charge in [-0.05, 0) is 65.2 Å². The predicted molar refractivity (Wildman–Crippen MR) is 115 cm³/mol. The van der Waals surface area contributed by atoms with E-state index in [0.717, 1.165) is 15.7 Å². The first kappa shape index (κ1) is 21.3. The average Bonchev–Trinajstić information content (AvgIpc) is 3.08. The summed E-state index contributed by atoms with van der Waals surface area (Å²) >= 11 is 9.47. The van der Waals surface area contributed by atoms with Gasteiger partial charge < -0.3 is 15.0 Å². The molecule has 1 heterocycles. The van der Waals surface area contributed by atoms with Crippen molar-refractivity contribution in [2.45, 2.75) is 20.3 Å². The summed E-state index contributed by atoms with van der Waals surface area (Å²) < 4.78 is 5.86. The summed E-state index contributed by atoms with van der Waals surface area (Å²) in [6.07, 6.45) is 0.0653. The highest BCUT2D eigenvalue weighted by atomic mass is 79.9. The van der Waals surface area contributed by atoms with E-state index in [4.69, 9.17) is 16.3 Å². The van der Waals surface area contributed by atoms with E-state index < -0.39 is 24.4 Å². The highest BCUT2D eigenvalue weighted by Crippen LogP contribution is 2.31. The zero-order chi connectivity index (χ0) is 21.1. The largest absolute Gasteiger partial charge is 0.455 e. The second-order valence-corrected chi connectivity index (χ2v) is 8.17. The number of carbonyl (C=O) groups is 3. The lowest BCUT2D eigenvalue weighted by molar-refractivity contribution is -0.151. The van der Waals surface area contributed by atoms with Gasteiger partial charge in [0.2, 0.25) is 5.91 Å². The van der Waals surface area contributed by atoms with Crippen molar-refractivity contribution in [3.63, 3.8) is 0 Å². The topological polar surface area (TPSA) is 75.7 Å². The molecule has 1 aliphatic rings. The fourth-order valence-corrected chi connectivity index (χ4v) is 3.73. The summed E-state index contributed by atoms with van der Waals surface area (Å²) in [6, 6.07) is 11.0. The number of benzene rings is 2. The van der Waals surface area contributed by atoms with Crippen LogP contribution in [0.1, 0.15) is 17.5 Å². The lowest BCUT2D eigenvalue weighted by atomic mass is 10.1. The van der Waals surface area contributed by atoms with Gasteiger partial charge in [0.15, 0.2) is 6.61 Å². The standard InChI is InChI=1S/C21H20BrClN2O4/c1-12-4-3-5-15(8-12)25-10-14(9-19(25)27)21(28)29-11-18(26)24-17-7-6-16(22)20(23)13(17)2/h3-8,14H,9-11H2,1-2H3,(H,24,26)/t14-/m0/s1. The molecule has 8 heteroatoms. The van der Waals surface area contributed by atoms with E-state index in [9.17, 15) is 14.4 Å². The molecule has 1 saturated heterocycles. The van der Waals surface area contributed by atoms with Crippen LogP contribution in [0.25, 0.3) is 0 Å². The quantitative estimate of drug-likeness (QED) is 0.651. The van der Waals surface area contributed by atoms with Gasteiger partial charge in [0.05, 0.1) is 10.9 Å². The average molecular weight is 480 g/mol. The molecule has 0 radical (unpaired) electrons. The van der Waals surface area contributed by atoms with E-state index in [1.54, 1.807) is 24.0 Å². The van der Waals surface area contributed by atoms with E-state index in [0.29, 0.717) is 16.3 Å². The third kappa shape index (κ3) is 4.97. The van der Waals surface area contributed by atoms with Crippen molar-refractivity contribution in [2.75, 3.05) is 23.4 Å². The van der Waals surface area contributed by atoms with E-state index in [1.807, 2.05) is 31.2 Å². The number of rotatable bonds is 5. The van der Waals surface area contributed by atoms with Crippen LogP contribution in [0.15, 0.2) is 40.9 Å². The first-order chi connectivity index (χ1) is 13.8. The van der Waals surface area contributed by atoms with E-state index >= 15 is 0 Å². The van der Waals surface area contributed by atoms with Crippen molar-refractivity contribution in [3.8, 4) is 0 Å². The molecule has 1 aliphatic heterocycles. The van der Waals surface area contributed by atoms with Crippen LogP contribution in [0.4, 0.5) is 11.4 Å². The van der Waals surface area contributed by atoms with Gasteiger partial charge in [-0.2, -0.15) is 0 Å². The SMILES string of the molecule is Cc1cccc(N2C[C@@H](C(=O)OCC(=O)Nc3ccc(Br)c(Cl)c3C)CC2=O)c1. The van der Waals surface area contributed by atoms with Gasteiger partial charge in [-0.1, -0.05) is 23.7 Å². The Balaban J connectivity index is 1.55. The number of aryl methyl sites for hydroxylation is 1. The van der Waals surface area contributed by atoms with E-state index in [-0.39, 0.29) is 18.9 Å². The minimum absolute atomic E-state index is 0.0653. The molecule has 0 aromatic heterocycles. The first-order valence-corrected chi connectivity index (χ1v) is 10.2. The molecule has 3 rings (SSSR count). The molecule has 2 amide bonds. The van der Waals surface area contributed by atoms with Gasteiger partial charge in [-0.3, -0.25) is 14.4 Å². The van der Waals surface area contributed by atoms with Crippen LogP contribution < -0.4 is 10.2 Å². The van der Waals surface area contributed by atoms with E-state index in [1.165, 1.54) is 0 Å². The van der Waals surface area contributed by atoms with Gasteiger partial charge in [0, 0.05) is 28.8 Å². The monoisotopic (exact) mass is 478 g/mol. The summed E-state index contributed by atoms with van der Waals surface area (Å²) in [4.78, 5) is 38.4. The fraction of sp³-hybridized carbons (Fsp3) is 0.286. The van der Waals surface area contributed by atoms with Crippen molar-refractivity contribution in [3.05, 3.63) is 57.0 Å². The minimum atomic E-state index is -0.598. The van der Waals surface area contributed by atoms with Crippen LogP contribution >= 0.6 is 27.5 Å². The zero-order valence-corrected chi connectivity index (χ0v) is 18.3. The lowest BCUT2D eigenvalue weighted by Crippen LogP contribution is -2.28. The second-order valence-electron chi connectivity index (χ2n) is 6.93. The van der Waals surface area contributed by atoms with E-state index in [2.05, 4.69) is 21.2 Å². The number of esters is 1. The molecule has 2 aromatic carbocycles. The Morgan fingerprint density at radius 2 is 2.03 bits per heavy atom. The molecular weight excluding hydrogens is 460 g/mol. The Morgan fingerprint density at radius 3 is 2.76 bits per heavy atom. The zero-order valence-electron chi connectivity index (χ0n) is 16.0. The van der Waals surface area contributed by atoms with Crippen molar-refractivity contribution in [2.24, 2.45) is 5.92 Å². The Kier molecular flexibility index (Phi) is 6.59. The minimum Gasteiger partial charge on any atom is -0.455 e. The molecule has 0 spiro atoms. The molecule has 0 saturated carbocycles. The molecule has 0 unspecified atom stereocenters. The third-order valence-electron chi connectivity index (χ3n) is 4.73. The number of carbonyl (C=O) groups excluding carboxylic acids is 3. The maximum absolute atomic E-state index is 12.3. The summed E-state index contributed by atoms with van der Waals surface area (Å²) in [5.74, 6) is -1.77. The van der Waals surface area contributed by atoms with Crippen LogP contribution in [0, 0.1) is 19.8 Å². The smallest absolute Gasteiger partial charge is 0.311 e. The Hall–Kier alpha value is -2.38. The second kappa shape index (κ2) is 8.97. The highest BCUT2D eigenvalue weighted by Gasteiger charge is 2.36. The van der Waals surface area contributed by atoms with Gasteiger partial charge in [0.25, 0.3) is 5.91 Å². The van der Waals surface area contributed by atoms with Gasteiger partial charge >= 0.3 is 5.97 Å². The molecule has 1 fully saturated rings. The Labute approximate surface area is 182 Å². The molecule has 1 N–H and O–H groups in total. The number of hydrogen-bond donors (Lipinski definition) is 1.